The quantitative estimate of drug-likeness (QED) is 0.861. The summed E-state index contributed by atoms with van der Waals surface area (Å²) in [5.74, 6) is 1.50. The van der Waals surface area contributed by atoms with Crippen LogP contribution in [0.4, 0.5) is 0 Å². The van der Waals surface area contributed by atoms with E-state index < -0.39 is 6.10 Å². The maximum absolute atomic E-state index is 9.42. The lowest BCUT2D eigenvalue weighted by Gasteiger charge is -2.07. The molecule has 0 aromatic carbocycles. The fourth-order valence-electron chi connectivity index (χ4n) is 1.35. The maximum atomic E-state index is 9.42. The molecule has 0 spiro atoms. The van der Waals surface area contributed by atoms with Gasteiger partial charge in [-0.15, -0.1) is 0 Å². The summed E-state index contributed by atoms with van der Waals surface area (Å²) < 4.78 is 10.3. The fraction of sp³-hybridized carbons (Fsp3) is 0.455. The van der Waals surface area contributed by atoms with Gasteiger partial charge in [-0.3, -0.25) is 0 Å². The predicted molar refractivity (Wildman–Crippen MR) is 56.8 cm³/mol. The number of furan rings is 1. The molecule has 1 N–H and O–H groups in total. The summed E-state index contributed by atoms with van der Waals surface area (Å²) in [4.78, 5) is 4.24. The Morgan fingerprint density at radius 2 is 2.12 bits per heavy atom. The SMILES string of the molecule is Cc1occc1-c1noc(C(C)C(C)O)n1. The van der Waals surface area contributed by atoms with Gasteiger partial charge in [0.1, 0.15) is 5.76 Å². The van der Waals surface area contributed by atoms with Crippen molar-refractivity contribution in [2.45, 2.75) is 32.8 Å². The van der Waals surface area contributed by atoms with E-state index in [-0.39, 0.29) is 5.92 Å². The third-order valence-electron chi connectivity index (χ3n) is 2.65. The van der Waals surface area contributed by atoms with Crippen molar-refractivity contribution < 1.29 is 14.0 Å². The predicted octanol–water partition coefficient (Wildman–Crippen LogP) is 2.12. The summed E-state index contributed by atoms with van der Waals surface area (Å²) in [7, 11) is 0. The summed E-state index contributed by atoms with van der Waals surface area (Å²) in [6.45, 7) is 5.37. The lowest BCUT2D eigenvalue weighted by atomic mass is 10.1. The second kappa shape index (κ2) is 4.09. The zero-order valence-electron chi connectivity index (χ0n) is 9.47. The van der Waals surface area contributed by atoms with Gasteiger partial charge in [-0.2, -0.15) is 4.98 Å². The Labute approximate surface area is 93.1 Å². The van der Waals surface area contributed by atoms with Gasteiger partial charge in [0.25, 0.3) is 0 Å². The van der Waals surface area contributed by atoms with E-state index in [0.717, 1.165) is 11.3 Å². The summed E-state index contributed by atoms with van der Waals surface area (Å²) in [5.41, 5.74) is 0.813. The minimum absolute atomic E-state index is 0.173. The van der Waals surface area contributed by atoms with E-state index in [1.54, 1.807) is 19.3 Å². The van der Waals surface area contributed by atoms with Gasteiger partial charge in [0.05, 0.1) is 23.8 Å². The first-order valence-electron chi connectivity index (χ1n) is 5.15. The van der Waals surface area contributed by atoms with Crippen LogP contribution in [0.1, 0.15) is 31.4 Å². The number of aryl methyl sites for hydroxylation is 1. The highest BCUT2D eigenvalue weighted by molar-refractivity contribution is 5.56. The smallest absolute Gasteiger partial charge is 0.232 e. The molecule has 16 heavy (non-hydrogen) atoms. The number of hydrogen-bond donors (Lipinski definition) is 1. The van der Waals surface area contributed by atoms with Gasteiger partial charge in [0.15, 0.2) is 0 Å². The first-order chi connectivity index (χ1) is 7.59. The van der Waals surface area contributed by atoms with Crippen LogP contribution < -0.4 is 0 Å². The van der Waals surface area contributed by atoms with Crippen LogP contribution in [0.25, 0.3) is 11.4 Å². The second-order valence-corrected chi connectivity index (χ2v) is 3.88. The first kappa shape index (κ1) is 10.9. The average Bonchev–Trinajstić information content (AvgIpc) is 2.84. The van der Waals surface area contributed by atoms with Crippen LogP contribution in [0, 0.1) is 6.92 Å². The number of rotatable bonds is 3. The molecule has 2 aromatic rings. The number of aliphatic hydroxyl groups is 1. The Morgan fingerprint density at radius 1 is 1.38 bits per heavy atom. The molecule has 86 valence electrons. The molecule has 0 aliphatic carbocycles. The normalized spacial score (nSPS) is 15.0. The molecule has 2 atom stereocenters. The number of aromatic nitrogens is 2. The third-order valence-corrected chi connectivity index (χ3v) is 2.65. The number of aliphatic hydroxyl groups excluding tert-OH is 1. The van der Waals surface area contributed by atoms with Crippen LogP contribution in [0.2, 0.25) is 0 Å². The van der Waals surface area contributed by atoms with Crippen LogP contribution in [0.5, 0.6) is 0 Å². The maximum Gasteiger partial charge on any atom is 0.232 e. The third kappa shape index (κ3) is 1.86. The van der Waals surface area contributed by atoms with Crippen molar-refractivity contribution in [3.8, 4) is 11.4 Å². The molecular weight excluding hydrogens is 208 g/mol. The Kier molecular flexibility index (Phi) is 2.78. The lowest BCUT2D eigenvalue weighted by molar-refractivity contribution is 0.151. The van der Waals surface area contributed by atoms with Crippen molar-refractivity contribution in [1.29, 1.82) is 0 Å². The summed E-state index contributed by atoms with van der Waals surface area (Å²) in [5, 5.41) is 13.3. The van der Waals surface area contributed by atoms with Gasteiger partial charge in [-0.25, -0.2) is 0 Å². The van der Waals surface area contributed by atoms with Crippen molar-refractivity contribution in [1.82, 2.24) is 10.1 Å². The fourth-order valence-corrected chi connectivity index (χ4v) is 1.35. The molecule has 2 heterocycles. The topological polar surface area (TPSA) is 72.3 Å². The van der Waals surface area contributed by atoms with Gasteiger partial charge in [0.2, 0.25) is 11.7 Å². The molecule has 2 rings (SSSR count). The molecule has 0 bridgehead atoms. The van der Waals surface area contributed by atoms with Crippen LogP contribution in [-0.2, 0) is 0 Å². The van der Waals surface area contributed by atoms with Crippen molar-refractivity contribution in [3.63, 3.8) is 0 Å². The van der Waals surface area contributed by atoms with E-state index in [1.165, 1.54) is 0 Å². The summed E-state index contributed by atoms with van der Waals surface area (Å²) in [6.07, 6.45) is 1.07. The van der Waals surface area contributed by atoms with Crippen LogP contribution in [-0.4, -0.2) is 21.4 Å². The summed E-state index contributed by atoms with van der Waals surface area (Å²) in [6, 6.07) is 1.79. The van der Waals surface area contributed by atoms with Crippen molar-refractivity contribution >= 4 is 0 Å². The van der Waals surface area contributed by atoms with E-state index in [4.69, 9.17) is 8.94 Å². The molecule has 0 aliphatic rings. The standard InChI is InChI=1S/C11H14N2O3/c1-6(7(2)14)11-12-10(13-16-11)9-4-5-15-8(9)3/h4-7,14H,1-3H3. The molecule has 0 amide bonds. The molecule has 0 saturated heterocycles. The molecule has 0 saturated carbocycles. The van der Waals surface area contributed by atoms with Crippen molar-refractivity contribution in [2.24, 2.45) is 0 Å². The Bertz CT molecular complexity index is 473. The monoisotopic (exact) mass is 222 g/mol. The van der Waals surface area contributed by atoms with Gasteiger partial charge in [-0.1, -0.05) is 12.1 Å². The van der Waals surface area contributed by atoms with E-state index in [9.17, 15) is 5.11 Å². The minimum Gasteiger partial charge on any atom is -0.469 e. The molecule has 0 radical (unpaired) electrons. The molecule has 2 unspecified atom stereocenters. The van der Waals surface area contributed by atoms with Crippen LogP contribution in [0.3, 0.4) is 0 Å². The Morgan fingerprint density at radius 3 is 2.69 bits per heavy atom. The highest BCUT2D eigenvalue weighted by atomic mass is 16.5. The molecular formula is C11H14N2O3. The van der Waals surface area contributed by atoms with Gasteiger partial charge >= 0.3 is 0 Å². The average molecular weight is 222 g/mol. The summed E-state index contributed by atoms with van der Waals surface area (Å²) >= 11 is 0. The molecule has 5 heteroatoms. The van der Waals surface area contributed by atoms with E-state index in [0.29, 0.717) is 11.7 Å². The zero-order valence-corrected chi connectivity index (χ0v) is 9.47. The van der Waals surface area contributed by atoms with Gasteiger partial charge in [0, 0.05) is 0 Å². The highest BCUT2D eigenvalue weighted by Crippen LogP contribution is 2.24. The van der Waals surface area contributed by atoms with Crippen molar-refractivity contribution in [2.75, 3.05) is 0 Å². The minimum atomic E-state index is -0.515. The molecule has 0 aliphatic heterocycles. The largest absolute Gasteiger partial charge is 0.469 e. The highest BCUT2D eigenvalue weighted by Gasteiger charge is 2.20. The van der Waals surface area contributed by atoms with E-state index in [2.05, 4.69) is 10.1 Å². The molecule has 5 nitrogen and oxygen atoms in total. The van der Waals surface area contributed by atoms with E-state index >= 15 is 0 Å². The van der Waals surface area contributed by atoms with Gasteiger partial charge in [-0.05, 0) is 19.9 Å². The van der Waals surface area contributed by atoms with Crippen molar-refractivity contribution in [3.05, 3.63) is 24.0 Å². The Balaban J connectivity index is 2.30. The van der Waals surface area contributed by atoms with Crippen LogP contribution in [0.15, 0.2) is 21.3 Å². The Hall–Kier alpha value is -1.62. The second-order valence-electron chi connectivity index (χ2n) is 3.88. The molecule has 0 fully saturated rings. The van der Waals surface area contributed by atoms with Gasteiger partial charge < -0.3 is 14.0 Å². The number of nitrogens with zero attached hydrogens (tertiary/aromatic N) is 2. The number of hydrogen-bond acceptors (Lipinski definition) is 5. The van der Waals surface area contributed by atoms with E-state index in [1.807, 2.05) is 13.8 Å². The lowest BCUT2D eigenvalue weighted by Crippen LogP contribution is -2.11. The molecule has 2 aromatic heterocycles. The zero-order chi connectivity index (χ0) is 11.7. The first-order valence-corrected chi connectivity index (χ1v) is 5.15. The van der Waals surface area contributed by atoms with Crippen LogP contribution >= 0.6 is 0 Å².